The van der Waals surface area contributed by atoms with Crippen LogP contribution in [0.25, 0.3) is 0 Å². The second-order valence-electron chi connectivity index (χ2n) is 6.09. The molecule has 1 amide bonds. The molecule has 3 rings (SSSR count). The van der Waals surface area contributed by atoms with Crippen LogP contribution >= 0.6 is 0 Å². The van der Waals surface area contributed by atoms with Crippen molar-refractivity contribution >= 4 is 5.91 Å². The zero-order valence-corrected chi connectivity index (χ0v) is 12.4. The van der Waals surface area contributed by atoms with Gasteiger partial charge in [0.05, 0.1) is 24.8 Å². The largest absolute Gasteiger partial charge is 0.374 e. The summed E-state index contributed by atoms with van der Waals surface area (Å²) in [4.78, 5) is 14.7. The van der Waals surface area contributed by atoms with Gasteiger partial charge >= 0.3 is 0 Å². The van der Waals surface area contributed by atoms with Gasteiger partial charge in [0.1, 0.15) is 0 Å². The molecule has 1 aliphatic heterocycles. The average Bonchev–Trinajstić information content (AvgIpc) is 2.54. The molecule has 1 aromatic rings. The van der Waals surface area contributed by atoms with E-state index in [2.05, 4.69) is 0 Å². The Balaban J connectivity index is 1.65. The highest BCUT2D eigenvalue weighted by atomic mass is 16.5. The first-order valence-electron chi connectivity index (χ1n) is 7.97. The molecule has 4 heteroatoms. The number of fused-ring (bicyclic) bond motifs is 1. The van der Waals surface area contributed by atoms with Crippen molar-refractivity contribution in [3.05, 3.63) is 35.9 Å². The van der Waals surface area contributed by atoms with E-state index in [0.717, 1.165) is 18.4 Å². The number of hydrogen-bond donors (Lipinski definition) is 1. The maximum absolute atomic E-state index is 12.7. The van der Waals surface area contributed by atoms with Crippen LogP contribution in [0.2, 0.25) is 0 Å². The maximum Gasteiger partial charge on any atom is 0.240 e. The number of hydrogen-bond acceptors (Lipinski definition) is 3. The van der Waals surface area contributed by atoms with Crippen LogP contribution in [0.4, 0.5) is 0 Å². The molecule has 2 fully saturated rings. The minimum atomic E-state index is -0.451. The lowest BCUT2D eigenvalue weighted by Crippen LogP contribution is -2.58. The van der Waals surface area contributed by atoms with E-state index >= 15 is 0 Å². The standard InChI is InChI=1S/C17H24N2O2/c18-14(12-13-6-2-1-3-7-13)17(20)19-10-11-21-16-9-5-4-8-15(16)19/h1-3,6-7,14-16H,4-5,8-12,18H2/t14-,15+,16+/m0/s1. The van der Waals surface area contributed by atoms with Crippen molar-refractivity contribution in [1.82, 2.24) is 4.90 Å². The Morgan fingerprint density at radius 1 is 1.29 bits per heavy atom. The Morgan fingerprint density at radius 2 is 2.05 bits per heavy atom. The third-order valence-corrected chi connectivity index (χ3v) is 4.63. The summed E-state index contributed by atoms with van der Waals surface area (Å²) >= 11 is 0. The monoisotopic (exact) mass is 288 g/mol. The number of nitrogens with two attached hydrogens (primary N) is 1. The number of carbonyl (C=O) groups is 1. The van der Waals surface area contributed by atoms with Gasteiger partial charge in [-0.05, 0) is 24.8 Å². The van der Waals surface area contributed by atoms with Crippen molar-refractivity contribution in [2.45, 2.75) is 50.3 Å². The summed E-state index contributed by atoms with van der Waals surface area (Å²) in [6, 6.07) is 9.78. The van der Waals surface area contributed by atoms with Gasteiger partial charge in [-0.3, -0.25) is 4.79 Å². The third kappa shape index (κ3) is 3.27. The van der Waals surface area contributed by atoms with Crippen LogP contribution in [0, 0.1) is 0 Å². The van der Waals surface area contributed by atoms with E-state index in [4.69, 9.17) is 10.5 Å². The first-order chi connectivity index (χ1) is 10.3. The van der Waals surface area contributed by atoms with Crippen molar-refractivity contribution < 1.29 is 9.53 Å². The van der Waals surface area contributed by atoms with E-state index in [-0.39, 0.29) is 18.1 Å². The fraction of sp³-hybridized carbons (Fsp3) is 0.588. The zero-order chi connectivity index (χ0) is 14.7. The predicted molar refractivity (Wildman–Crippen MR) is 81.8 cm³/mol. The highest BCUT2D eigenvalue weighted by molar-refractivity contribution is 5.82. The Hall–Kier alpha value is -1.39. The van der Waals surface area contributed by atoms with Crippen LogP contribution in [0.5, 0.6) is 0 Å². The molecule has 1 saturated heterocycles. The average molecular weight is 288 g/mol. The molecule has 1 aliphatic carbocycles. The summed E-state index contributed by atoms with van der Waals surface area (Å²) in [5.74, 6) is 0.0825. The third-order valence-electron chi connectivity index (χ3n) is 4.63. The summed E-state index contributed by atoms with van der Waals surface area (Å²) in [6.07, 6.45) is 5.34. The summed E-state index contributed by atoms with van der Waals surface area (Å²) in [6.45, 7) is 1.33. The number of carbonyl (C=O) groups excluding carboxylic acids is 1. The van der Waals surface area contributed by atoms with E-state index in [0.29, 0.717) is 19.6 Å². The molecule has 114 valence electrons. The minimum Gasteiger partial charge on any atom is -0.374 e. The lowest BCUT2D eigenvalue weighted by atomic mass is 9.89. The van der Waals surface area contributed by atoms with Gasteiger partial charge in [-0.2, -0.15) is 0 Å². The van der Waals surface area contributed by atoms with Crippen molar-refractivity contribution in [2.24, 2.45) is 5.73 Å². The second kappa shape index (κ2) is 6.58. The molecule has 0 spiro atoms. The van der Waals surface area contributed by atoms with Crippen LogP contribution in [0.15, 0.2) is 30.3 Å². The molecular weight excluding hydrogens is 264 g/mol. The quantitative estimate of drug-likeness (QED) is 0.921. The van der Waals surface area contributed by atoms with Crippen LogP contribution in [-0.4, -0.2) is 42.1 Å². The Morgan fingerprint density at radius 3 is 2.86 bits per heavy atom. The Kier molecular flexibility index (Phi) is 4.56. The normalized spacial score (nSPS) is 27.0. The number of benzene rings is 1. The van der Waals surface area contributed by atoms with E-state index in [1.54, 1.807) is 0 Å². The molecule has 1 heterocycles. The number of ether oxygens (including phenoxy) is 1. The molecule has 2 N–H and O–H groups in total. The van der Waals surface area contributed by atoms with Crippen molar-refractivity contribution in [2.75, 3.05) is 13.2 Å². The summed E-state index contributed by atoms with van der Waals surface area (Å²) in [5, 5.41) is 0. The van der Waals surface area contributed by atoms with E-state index < -0.39 is 6.04 Å². The highest BCUT2D eigenvalue weighted by Gasteiger charge is 2.37. The lowest BCUT2D eigenvalue weighted by molar-refractivity contribution is -0.150. The molecule has 0 bridgehead atoms. The Labute approximate surface area is 126 Å². The van der Waals surface area contributed by atoms with Gasteiger partial charge in [-0.1, -0.05) is 43.2 Å². The number of nitrogens with zero attached hydrogens (tertiary/aromatic N) is 1. The van der Waals surface area contributed by atoms with Gasteiger partial charge in [-0.15, -0.1) is 0 Å². The van der Waals surface area contributed by atoms with Crippen molar-refractivity contribution in [3.63, 3.8) is 0 Å². The van der Waals surface area contributed by atoms with E-state index in [1.807, 2.05) is 35.2 Å². The molecule has 21 heavy (non-hydrogen) atoms. The zero-order valence-electron chi connectivity index (χ0n) is 12.4. The first-order valence-corrected chi connectivity index (χ1v) is 7.97. The molecule has 0 radical (unpaired) electrons. The first kappa shape index (κ1) is 14.5. The number of rotatable bonds is 3. The summed E-state index contributed by atoms with van der Waals surface area (Å²) < 4.78 is 5.83. The molecule has 3 atom stereocenters. The molecule has 0 aromatic heterocycles. The van der Waals surface area contributed by atoms with Crippen LogP contribution < -0.4 is 5.73 Å². The maximum atomic E-state index is 12.7. The minimum absolute atomic E-state index is 0.0825. The van der Waals surface area contributed by atoms with Crippen molar-refractivity contribution in [3.8, 4) is 0 Å². The van der Waals surface area contributed by atoms with Gasteiger partial charge in [0.15, 0.2) is 0 Å². The van der Waals surface area contributed by atoms with Crippen LogP contribution in [0.3, 0.4) is 0 Å². The highest BCUT2D eigenvalue weighted by Crippen LogP contribution is 2.28. The number of amides is 1. The van der Waals surface area contributed by atoms with Crippen LogP contribution in [0.1, 0.15) is 31.2 Å². The Bertz CT molecular complexity index is 475. The molecule has 1 saturated carbocycles. The summed E-state index contributed by atoms with van der Waals surface area (Å²) in [7, 11) is 0. The lowest BCUT2D eigenvalue weighted by Gasteiger charge is -2.44. The van der Waals surface area contributed by atoms with Gasteiger partial charge < -0.3 is 15.4 Å². The molecule has 1 aromatic carbocycles. The summed E-state index contributed by atoms with van der Waals surface area (Å²) in [5.41, 5.74) is 7.29. The smallest absolute Gasteiger partial charge is 0.240 e. The SMILES string of the molecule is N[C@@H](Cc1ccccc1)C(=O)N1CCO[C@@H]2CCCC[C@H]21. The second-order valence-corrected chi connectivity index (χ2v) is 6.09. The topological polar surface area (TPSA) is 55.6 Å². The molecular formula is C17H24N2O2. The molecule has 0 unspecified atom stereocenters. The molecule has 4 nitrogen and oxygen atoms in total. The predicted octanol–water partition coefficient (Wildman–Crippen LogP) is 1.73. The van der Waals surface area contributed by atoms with Gasteiger partial charge in [0.25, 0.3) is 0 Å². The van der Waals surface area contributed by atoms with Gasteiger partial charge in [0, 0.05) is 6.54 Å². The molecule has 2 aliphatic rings. The van der Waals surface area contributed by atoms with Gasteiger partial charge in [0.2, 0.25) is 5.91 Å². The van der Waals surface area contributed by atoms with Crippen molar-refractivity contribution in [1.29, 1.82) is 0 Å². The van der Waals surface area contributed by atoms with E-state index in [9.17, 15) is 4.79 Å². The van der Waals surface area contributed by atoms with Gasteiger partial charge in [-0.25, -0.2) is 0 Å². The fourth-order valence-corrected chi connectivity index (χ4v) is 3.54. The number of morpholine rings is 1. The van der Waals surface area contributed by atoms with Crippen LogP contribution in [-0.2, 0) is 16.0 Å². The van der Waals surface area contributed by atoms with E-state index in [1.165, 1.54) is 12.8 Å². The fourth-order valence-electron chi connectivity index (χ4n) is 3.54.